The monoisotopic (exact) mass is 567 g/mol. The quantitative estimate of drug-likeness (QED) is 0.385. The number of amides is 3. The van der Waals surface area contributed by atoms with Crippen LogP contribution >= 0.6 is 11.8 Å². The van der Waals surface area contributed by atoms with Crippen LogP contribution in [0.2, 0.25) is 0 Å². The van der Waals surface area contributed by atoms with Gasteiger partial charge >= 0.3 is 6.03 Å². The highest BCUT2D eigenvalue weighted by Crippen LogP contribution is 2.48. The molecule has 3 amide bonds. The summed E-state index contributed by atoms with van der Waals surface area (Å²) in [5.74, 6) is 1.42. The fourth-order valence-corrected chi connectivity index (χ4v) is 7.81. The second kappa shape index (κ2) is 11.2. The Hall–Kier alpha value is -3.79. The highest BCUT2D eigenvalue weighted by molar-refractivity contribution is 8.04. The van der Waals surface area contributed by atoms with Gasteiger partial charge in [0.1, 0.15) is 11.5 Å². The second-order valence-corrected chi connectivity index (χ2v) is 12.2. The lowest BCUT2D eigenvalue weighted by Gasteiger charge is -2.45. The molecule has 4 aliphatic heterocycles. The van der Waals surface area contributed by atoms with Gasteiger partial charge in [-0.05, 0) is 61.3 Å². The molecule has 3 aromatic carbocycles. The largest absolute Gasteiger partial charge is 0.457 e. The molecular weight excluding hydrogens is 534 g/mol. The third-order valence-corrected chi connectivity index (χ3v) is 9.65. The smallest absolute Gasteiger partial charge is 0.326 e. The van der Waals surface area contributed by atoms with Gasteiger partial charge in [0.2, 0.25) is 0 Å². The van der Waals surface area contributed by atoms with Crippen LogP contribution in [0.15, 0.2) is 95.5 Å². The number of carbonyl (C=O) groups is 2. The Morgan fingerprint density at radius 3 is 2.46 bits per heavy atom. The average molecular weight is 568 g/mol. The van der Waals surface area contributed by atoms with Crippen molar-refractivity contribution in [3.05, 3.63) is 101 Å². The number of nitrogens with zero attached hydrogens (tertiary/aromatic N) is 2. The van der Waals surface area contributed by atoms with Crippen LogP contribution < -0.4 is 25.6 Å². The van der Waals surface area contributed by atoms with Crippen molar-refractivity contribution in [2.24, 2.45) is 5.92 Å². The summed E-state index contributed by atoms with van der Waals surface area (Å²) in [6.45, 7) is 3.45. The van der Waals surface area contributed by atoms with Crippen LogP contribution in [0.25, 0.3) is 0 Å². The van der Waals surface area contributed by atoms with Crippen molar-refractivity contribution in [2.75, 3.05) is 24.5 Å². The fourth-order valence-electron chi connectivity index (χ4n) is 6.41. The van der Waals surface area contributed by atoms with E-state index >= 15 is 0 Å². The topological polar surface area (TPSA) is 85.9 Å². The molecule has 9 heteroatoms. The van der Waals surface area contributed by atoms with E-state index in [1.165, 1.54) is 5.56 Å². The van der Waals surface area contributed by atoms with Gasteiger partial charge in [0, 0.05) is 43.0 Å². The number of para-hydroxylation sites is 1. The molecule has 3 fully saturated rings. The molecule has 41 heavy (non-hydrogen) atoms. The molecule has 0 bridgehead atoms. The number of hydrogen-bond acceptors (Lipinski definition) is 6. The number of likely N-dealkylation sites (tertiary alicyclic amines) is 1. The van der Waals surface area contributed by atoms with Gasteiger partial charge in [0.05, 0.1) is 16.3 Å². The van der Waals surface area contributed by atoms with Gasteiger partial charge in [-0.3, -0.25) is 14.6 Å². The number of urea groups is 1. The van der Waals surface area contributed by atoms with E-state index in [4.69, 9.17) is 4.74 Å². The second-order valence-electron chi connectivity index (χ2n) is 11.0. The van der Waals surface area contributed by atoms with E-state index < -0.39 is 0 Å². The Balaban J connectivity index is 1.04. The molecule has 0 saturated carbocycles. The minimum absolute atomic E-state index is 0.0191. The third-order valence-electron chi connectivity index (χ3n) is 8.30. The van der Waals surface area contributed by atoms with Crippen LogP contribution in [0.5, 0.6) is 11.5 Å². The highest BCUT2D eigenvalue weighted by atomic mass is 32.2. The SMILES string of the molecule is O=C(N[C@H]1CCN(Cc2ccccc2)C1)C1=C2NC(=O)N(c3ccc(Oc4ccccc4)cc3)C3CCNC(S1)C23. The minimum Gasteiger partial charge on any atom is -0.457 e. The number of anilines is 1. The van der Waals surface area contributed by atoms with Crippen molar-refractivity contribution in [3.63, 3.8) is 0 Å². The van der Waals surface area contributed by atoms with Gasteiger partial charge in [-0.1, -0.05) is 60.3 Å². The number of benzene rings is 3. The van der Waals surface area contributed by atoms with E-state index in [-0.39, 0.29) is 35.3 Å². The molecule has 0 spiro atoms. The molecule has 3 aromatic rings. The predicted molar refractivity (Wildman–Crippen MR) is 161 cm³/mol. The average Bonchev–Trinajstić information content (AvgIpc) is 3.59. The maximum atomic E-state index is 13.5. The van der Waals surface area contributed by atoms with E-state index in [0.29, 0.717) is 10.7 Å². The fraction of sp³-hybridized carbons (Fsp3) is 0.312. The summed E-state index contributed by atoms with van der Waals surface area (Å²) in [6, 6.07) is 27.6. The summed E-state index contributed by atoms with van der Waals surface area (Å²) in [6.07, 6.45) is 1.73. The number of thioether (sulfide) groups is 1. The molecule has 0 aliphatic carbocycles. The lowest BCUT2D eigenvalue weighted by Crippen LogP contribution is -2.62. The summed E-state index contributed by atoms with van der Waals surface area (Å²) >= 11 is 1.55. The molecule has 3 unspecified atom stereocenters. The van der Waals surface area contributed by atoms with Gasteiger partial charge in [0.25, 0.3) is 5.91 Å². The van der Waals surface area contributed by atoms with Gasteiger partial charge in [-0.25, -0.2) is 4.79 Å². The van der Waals surface area contributed by atoms with Crippen molar-refractivity contribution in [2.45, 2.75) is 36.8 Å². The number of hydrogen-bond donors (Lipinski definition) is 3. The zero-order chi connectivity index (χ0) is 27.8. The molecule has 8 nitrogen and oxygen atoms in total. The summed E-state index contributed by atoms with van der Waals surface area (Å²) in [4.78, 5) is 31.9. The Morgan fingerprint density at radius 2 is 1.68 bits per heavy atom. The molecule has 3 saturated heterocycles. The normalized spacial score (nSPS) is 25.6. The highest BCUT2D eigenvalue weighted by Gasteiger charge is 2.51. The lowest BCUT2D eigenvalue weighted by atomic mass is 9.86. The van der Waals surface area contributed by atoms with E-state index in [2.05, 4.69) is 45.1 Å². The van der Waals surface area contributed by atoms with Crippen LogP contribution in [0, 0.1) is 5.92 Å². The van der Waals surface area contributed by atoms with Crippen molar-refractivity contribution >= 4 is 29.4 Å². The summed E-state index contributed by atoms with van der Waals surface area (Å²) < 4.78 is 5.94. The standard InChI is InChI=1S/C32H33N5O3S/c38-30(34-22-16-18-36(20-22)19-21-7-3-1-4-8-21)29-28-27-26(15-17-33-31(27)41-29)37(32(39)35-28)23-11-13-25(14-12-23)40-24-9-5-2-6-10-24/h1-14,22,26-27,31,33H,15-20H2,(H,34,38)(H,35,39)/t22-,26?,27?,31?/m0/s1. The first-order chi connectivity index (χ1) is 20.1. The molecule has 0 aromatic heterocycles. The first-order valence-electron chi connectivity index (χ1n) is 14.3. The van der Waals surface area contributed by atoms with E-state index in [1.807, 2.05) is 65.6 Å². The molecule has 210 valence electrons. The van der Waals surface area contributed by atoms with Gasteiger partial charge < -0.3 is 20.7 Å². The number of nitrogens with one attached hydrogen (secondary N) is 3. The van der Waals surface area contributed by atoms with Crippen LogP contribution in [0.3, 0.4) is 0 Å². The molecule has 4 aliphatic rings. The number of carbonyl (C=O) groups excluding carboxylic acids is 2. The maximum Gasteiger partial charge on any atom is 0.326 e. The lowest BCUT2D eigenvalue weighted by molar-refractivity contribution is -0.117. The van der Waals surface area contributed by atoms with Gasteiger partial charge in [-0.15, -0.1) is 0 Å². The molecule has 7 rings (SSSR count). The van der Waals surface area contributed by atoms with E-state index in [0.717, 1.165) is 56.2 Å². The van der Waals surface area contributed by atoms with Crippen LogP contribution in [0.4, 0.5) is 10.5 Å². The summed E-state index contributed by atoms with van der Waals surface area (Å²) in [7, 11) is 0. The molecule has 0 radical (unpaired) electrons. The zero-order valence-electron chi connectivity index (χ0n) is 22.7. The van der Waals surface area contributed by atoms with E-state index in [9.17, 15) is 9.59 Å². The van der Waals surface area contributed by atoms with E-state index in [1.54, 1.807) is 11.8 Å². The Bertz CT molecular complexity index is 1450. The Kier molecular flexibility index (Phi) is 7.16. The maximum absolute atomic E-state index is 13.5. The predicted octanol–water partition coefficient (Wildman–Crippen LogP) is 4.66. The number of rotatable bonds is 7. The molecule has 4 heterocycles. The van der Waals surface area contributed by atoms with Crippen molar-refractivity contribution in [1.82, 2.24) is 20.9 Å². The van der Waals surface area contributed by atoms with Crippen LogP contribution in [0.1, 0.15) is 18.4 Å². The van der Waals surface area contributed by atoms with Crippen molar-refractivity contribution in [3.8, 4) is 11.5 Å². The van der Waals surface area contributed by atoms with Gasteiger partial charge in [0.15, 0.2) is 0 Å². The Labute approximate surface area is 244 Å². The van der Waals surface area contributed by atoms with Crippen LogP contribution in [-0.4, -0.2) is 53.9 Å². The first kappa shape index (κ1) is 26.1. The minimum atomic E-state index is -0.193. The van der Waals surface area contributed by atoms with Crippen molar-refractivity contribution < 1.29 is 14.3 Å². The summed E-state index contributed by atoms with van der Waals surface area (Å²) in [5, 5.41) is 10.0. The first-order valence-corrected chi connectivity index (χ1v) is 15.1. The summed E-state index contributed by atoms with van der Waals surface area (Å²) in [5.41, 5.74) is 2.86. The number of ether oxygens (including phenoxy) is 1. The number of piperidine rings is 1. The molecule has 4 atom stereocenters. The van der Waals surface area contributed by atoms with Crippen LogP contribution in [-0.2, 0) is 11.3 Å². The van der Waals surface area contributed by atoms with Crippen molar-refractivity contribution in [1.29, 1.82) is 0 Å². The molecular formula is C32H33N5O3S. The zero-order valence-corrected chi connectivity index (χ0v) is 23.5. The molecule has 3 N–H and O–H groups in total. The Morgan fingerprint density at radius 1 is 0.951 bits per heavy atom. The third kappa shape index (κ3) is 5.32. The van der Waals surface area contributed by atoms with Gasteiger partial charge in [-0.2, -0.15) is 0 Å².